The van der Waals surface area contributed by atoms with E-state index in [1.807, 2.05) is 0 Å². The maximum absolute atomic E-state index is 12.7. The van der Waals surface area contributed by atoms with Crippen LogP contribution in [0.3, 0.4) is 0 Å². The monoisotopic (exact) mass is 274 g/mol. The Morgan fingerprint density at radius 2 is 1.89 bits per heavy atom. The van der Waals surface area contributed by atoms with Gasteiger partial charge in [0.2, 0.25) is 5.91 Å². The predicted octanol–water partition coefficient (Wildman–Crippen LogP) is 2.94. The Kier molecular flexibility index (Phi) is 4.57. The third kappa shape index (κ3) is 3.96. The zero-order valence-corrected chi connectivity index (χ0v) is 11.0. The van der Waals surface area contributed by atoms with E-state index in [9.17, 15) is 18.0 Å². The number of anilines is 1. The summed E-state index contributed by atoms with van der Waals surface area (Å²) in [6, 6.07) is 2.91. The van der Waals surface area contributed by atoms with Crippen LogP contribution in [-0.2, 0) is 11.0 Å². The summed E-state index contributed by atoms with van der Waals surface area (Å²) in [7, 11) is 0. The van der Waals surface area contributed by atoms with Crippen LogP contribution in [0.25, 0.3) is 0 Å². The largest absolute Gasteiger partial charge is 0.416 e. The van der Waals surface area contributed by atoms with Gasteiger partial charge in [0.15, 0.2) is 0 Å². The number of carbonyl (C=O) groups is 1. The molecule has 0 aliphatic rings. The second kappa shape index (κ2) is 5.61. The van der Waals surface area contributed by atoms with Gasteiger partial charge in [-0.2, -0.15) is 13.2 Å². The first-order chi connectivity index (χ1) is 8.62. The average molecular weight is 274 g/mol. The zero-order chi connectivity index (χ0) is 14.8. The first-order valence-electron chi connectivity index (χ1n) is 5.87. The van der Waals surface area contributed by atoms with Crippen molar-refractivity contribution in [2.45, 2.75) is 33.0 Å². The van der Waals surface area contributed by atoms with E-state index < -0.39 is 23.7 Å². The van der Waals surface area contributed by atoms with Gasteiger partial charge < -0.3 is 11.1 Å². The maximum Gasteiger partial charge on any atom is 0.416 e. The standard InChI is InChI=1S/C13H17F3N2O/c1-7(2)11(17)12(19)18-9-5-4-8(3)10(6-9)13(14,15)16/h4-7,11H,17H2,1-3H3,(H,18,19). The van der Waals surface area contributed by atoms with Crippen LogP contribution in [-0.4, -0.2) is 11.9 Å². The summed E-state index contributed by atoms with van der Waals surface area (Å²) in [4.78, 5) is 11.7. The van der Waals surface area contributed by atoms with Crippen molar-refractivity contribution in [3.63, 3.8) is 0 Å². The van der Waals surface area contributed by atoms with Crippen molar-refractivity contribution in [3.8, 4) is 0 Å². The number of nitrogens with one attached hydrogen (secondary N) is 1. The SMILES string of the molecule is Cc1ccc(NC(=O)C(N)C(C)C)cc1C(F)(F)F. The van der Waals surface area contributed by atoms with E-state index in [0.29, 0.717) is 0 Å². The van der Waals surface area contributed by atoms with Crippen molar-refractivity contribution in [3.05, 3.63) is 29.3 Å². The molecule has 0 fully saturated rings. The van der Waals surface area contributed by atoms with Gasteiger partial charge in [0, 0.05) is 5.69 Å². The Morgan fingerprint density at radius 3 is 2.37 bits per heavy atom. The van der Waals surface area contributed by atoms with Crippen molar-refractivity contribution >= 4 is 11.6 Å². The van der Waals surface area contributed by atoms with Crippen molar-refractivity contribution in [2.75, 3.05) is 5.32 Å². The van der Waals surface area contributed by atoms with Crippen LogP contribution < -0.4 is 11.1 Å². The lowest BCUT2D eigenvalue weighted by Crippen LogP contribution is -2.39. The zero-order valence-electron chi connectivity index (χ0n) is 11.0. The number of nitrogens with two attached hydrogens (primary N) is 1. The molecule has 0 spiro atoms. The molecule has 106 valence electrons. The first kappa shape index (κ1) is 15.5. The molecule has 1 aromatic rings. The van der Waals surface area contributed by atoms with E-state index in [4.69, 9.17) is 5.73 Å². The van der Waals surface area contributed by atoms with E-state index in [1.165, 1.54) is 19.1 Å². The quantitative estimate of drug-likeness (QED) is 0.890. The van der Waals surface area contributed by atoms with Crippen LogP contribution >= 0.6 is 0 Å². The fourth-order valence-electron chi connectivity index (χ4n) is 1.53. The molecule has 0 aliphatic carbocycles. The summed E-state index contributed by atoms with van der Waals surface area (Å²) >= 11 is 0. The minimum atomic E-state index is -4.44. The smallest absolute Gasteiger partial charge is 0.325 e. The summed E-state index contributed by atoms with van der Waals surface area (Å²) in [6.07, 6.45) is -4.44. The maximum atomic E-state index is 12.7. The number of rotatable bonds is 3. The second-order valence-electron chi connectivity index (χ2n) is 4.79. The highest BCUT2D eigenvalue weighted by molar-refractivity contribution is 5.94. The molecule has 0 heterocycles. The van der Waals surface area contributed by atoms with Gasteiger partial charge in [-0.3, -0.25) is 4.79 Å². The highest BCUT2D eigenvalue weighted by Crippen LogP contribution is 2.33. The van der Waals surface area contributed by atoms with Crippen molar-refractivity contribution < 1.29 is 18.0 Å². The molecular weight excluding hydrogens is 257 g/mol. The molecule has 1 atom stereocenters. The average Bonchev–Trinajstić information content (AvgIpc) is 2.28. The second-order valence-corrected chi connectivity index (χ2v) is 4.79. The van der Waals surface area contributed by atoms with E-state index in [1.54, 1.807) is 13.8 Å². The molecule has 3 nitrogen and oxygen atoms in total. The van der Waals surface area contributed by atoms with Gasteiger partial charge in [0.1, 0.15) is 0 Å². The molecular formula is C13H17F3N2O. The number of amides is 1. The number of hydrogen-bond donors (Lipinski definition) is 2. The normalized spacial score (nSPS) is 13.5. The molecule has 1 unspecified atom stereocenters. The van der Waals surface area contributed by atoms with Crippen LogP contribution in [0, 0.1) is 12.8 Å². The van der Waals surface area contributed by atoms with Crippen LogP contribution in [0.2, 0.25) is 0 Å². The third-order valence-electron chi connectivity index (χ3n) is 2.83. The van der Waals surface area contributed by atoms with Gasteiger partial charge in [-0.15, -0.1) is 0 Å². The highest BCUT2D eigenvalue weighted by atomic mass is 19.4. The van der Waals surface area contributed by atoms with Crippen LogP contribution in [0.15, 0.2) is 18.2 Å². The molecule has 0 aromatic heterocycles. The fourth-order valence-corrected chi connectivity index (χ4v) is 1.53. The lowest BCUT2D eigenvalue weighted by Gasteiger charge is -2.17. The van der Waals surface area contributed by atoms with Crippen LogP contribution in [0.5, 0.6) is 0 Å². The van der Waals surface area contributed by atoms with Gasteiger partial charge in [-0.1, -0.05) is 19.9 Å². The third-order valence-corrected chi connectivity index (χ3v) is 2.83. The predicted molar refractivity (Wildman–Crippen MR) is 67.6 cm³/mol. The summed E-state index contributed by atoms with van der Waals surface area (Å²) in [6.45, 7) is 4.90. The summed E-state index contributed by atoms with van der Waals surface area (Å²) in [5.41, 5.74) is 5.07. The van der Waals surface area contributed by atoms with E-state index in [2.05, 4.69) is 5.32 Å². The summed E-state index contributed by atoms with van der Waals surface area (Å²) < 4.78 is 38.1. The van der Waals surface area contributed by atoms with Crippen LogP contribution in [0.4, 0.5) is 18.9 Å². The molecule has 3 N–H and O–H groups in total. The number of halogens is 3. The molecule has 1 rings (SSSR count). The summed E-state index contributed by atoms with van der Waals surface area (Å²) in [5.74, 6) is -0.584. The Balaban J connectivity index is 2.95. The van der Waals surface area contributed by atoms with Crippen molar-refractivity contribution in [1.82, 2.24) is 0 Å². The minimum absolute atomic E-state index is 0.0902. The molecule has 1 aromatic carbocycles. The number of benzene rings is 1. The lowest BCUT2D eigenvalue weighted by atomic mass is 10.0. The van der Waals surface area contributed by atoms with E-state index >= 15 is 0 Å². The number of hydrogen-bond acceptors (Lipinski definition) is 2. The number of alkyl halides is 3. The van der Waals surface area contributed by atoms with E-state index in [0.717, 1.165) is 6.07 Å². The van der Waals surface area contributed by atoms with Gasteiger partial charge in [0.25, 0.3) is 0 Å². The number of carbonyl (C=O) groups excluding carboxylic acids is 1. The molecule has 0 aliphatic heterocycles. The fraction of sp³-hybridized carbons (Fsp3) is 0.462. The topological polar surface area (TPSA) is 55.1 Å². The van der Waals surface area contributed by atoms with Gasteiger partial charge >= 0.3 is 6.18 Å². The Morgan fingerprint density at radius 1 is 1.32 bits per heavy atom. The van der Waals surface area contributed by atoms with Gasteiger partial charge in [-0.05, 0) is 30.5 Å². The molecule has 0 saturated carbocycles. The Hall–Kier alpha value is -1.56. The molecule has 6 heteroatoms. The highest BCUT2D eigenvalue weighted by Gasteiger charge is 2.32. The van der Waals surface area contributed by atoms with Crippen molar-refractivity contribution in [2.24, 2.45) is 11.7 Å². The lowest BCUT2D eigenvalue weighted by molar-refractivity contribution is -0.138. The first-order valence-corrected chi connectivity index (χ1v) is 5.87. The molecule has 0 radical (unpaired) electrons. The van der Waals surface area contributed by atoms with Gasteiger partial charge in [0.05, 0.1) is 11.6 Å². The number of aryl methyl sites for hydroxylation is 1. The Labute approximate surface area is 110 Å². The van der Waals surface area contributed by atoms with Crippen molar-refractivity contribution in [1.29, 1.82) is 0 Å². The molecule has 19 heavy (non-hydrogen) atoms. The molecule has 0 saturated heterocycles. The van der Waals surface area contributed by atoms with E-state index in [-0.39, 0.29) is 17.2 Å². The summed E-state index contributed by atoms with van der Waals surface area (Å²) in [5, 5.41) is 2.40. The van der Waals surface area contributed by atoms with Crippen LogP contribution in [0.1, 0.15) is 25.0 Å². The Bertz CT molecular complexity index is 469. The minimum Gasteiger partial charge on any atom is -0.325 e. The molecule has 1 amide bonds. The molecule has 0 bridgehead atoms. The van der Waals surface area contributed by atoms with Gasteiger partial charge in [-0.25, -0.2) is 0 Å².